The molecule has 4 saturated carbocycles. The molecule has 0 bridgehead atoms. The maximum absolute atomic E-state index is 12.5. The van der Waals surface area contributed by atoms with Crippen molar-refractivity contribution in [2.24, 2.45) is 40.4 Å². The van der Waals surface area contributed by atoms with Gasteiger partial charge in [0.05, 0.1) is 0 Å². The number of ketones is 1. The third-order valence-corrected chi connectivity index (χ3v) is 8.95. The van der Waals surface area contributed by atoms with Crippen LogP contribution in [0.5, 0.6) is 0 Å². The number of carbonyl (C=O) groups excluding carboxylic acids is 1. The molecular weight excluding hydrogens is 300 g/mol. The predicted molar refractivity (Wildman–Crippen MR) is 92.5 cm³/mol. The molecule has 0 spiro atoms. The first-order chi connectivity index (χ1) is 11.3. The van der Waals surface area contributed by atoms with Gasteiger partial charge < -0.3 is 5.11 Å². The van der Waals surface area contributed by atoms with E-state index in [-0.39, 0.29) is 5.41 Å². The first kappa shape index (κ1) is 16.6. The van der Waals surface area contributed by atoms with E-state index in [1.165, 1.54) is 25.7 Å². The van der Waals surface area contributed by atoms with E-state index >= 15 is 0 Å². The van der Waals surface area contributed by atoms with Gasteiger partial charge in [0.15, 0.2) is 0 Å². The number of Topliss-reactive ketones (excluding diaryl/α,β-unsaturated/α-hetero) is 1. The van der Waals surface area contributed by atoms with Gasteiger partial charge in [-0.2, -0.15) is 0 Å². The molecule has 0 radical (unpaired) electrons. The lowest BCUT2D eigenvalue weighted by molar-refractivity contribution is -0.143. The Morgan fingerprint density at radius 3 is 2.62 bits per heavy atom. The maximum atomic E-state index is 12.5. The van der Waals surface area contributed by atoms with E-state index in [4.69, 9.17) is 5.11 Å². The van der Waals surface area contributed by atoms with E-state index in [9.17, 15) is 9.59 Å². The summed E-state index contributed by atoms with van der Waals surface area (Å²) in [7, 11) is 0. The minimum absolute atomic E-state index is 0.0229. The Morgan fingerprint density at radius 1 is 1.08 bits per heavy atom. The highest BCUT2D eigenvalue weighted by Crippen LogP contribution is 2.65. The second-order valence-corrected chi connectivity index (χ2v) is 9.81. The Kier molecular flexibility index (Phi) is 3.85. The molecule has 1 N–H and O–H groups in total. The molecule has 0 aromatic rings. The second kappa shape index (κ2) is 5.57. The number of fused-ring (bicyclic) bond motifs is 5. The van der Waals surface area contributed by atoms with Crippen LogP contribution in [0.25, 0.3) is 0 Å². The standard InChI is InChI=1S/C21H32O3/c1-20-9-7-13(12-19(23)24)11-14(20)3-4-15-16-5-6-18(22)21(16,2)10-8-17(15)20/h13-17H,3-12H2,1-2H3,(H,23,24)/t13-,14-,15?,16?,17?,20+,21+/m1/s1. The van der Waals surface area contributed by atoms with Crippen molar-refractivity contribution >= 4 is 11.8 Å². The summed E-state index contributed by atoms with van der Waals surface area (Å²) in [5.74, 6) is 3.13. The number of hydrogen-bond acceptors (Lipinski definition) is 2. The van der Waals surface area contributed by atoms with Crippen molar-refractivity contribution in [2.75, 3.05) is 0 Å². The minimum Gasteiger partial charge on any atom is -0.481 e. The van der Waals surface area contributed by atoms with Gasteiger partial charge in [0.2, 0.25) is 0 Å². The van der Waals surface area contributed by atoms with E-state index in [2.05, 4.69) is 13.8 Å². The van der Waals surface area contributed by atoms with Crippen LogP contribution in [-0.2, 0) is 9.59 Å². The van der Waals surface area contributed by atoms with Crippen LogP contribution in [0.3, 0.4) is 0 Å². The van der Waals surface area contributed by atoms with Crippen LogP contribution < -0.4 is 0 Å². The molecule has 0 aromatic heterocycles. The fraction of sp³-hybridized carbons (Fsp3) is 0.905. The van der Waals surface area contributed by atoms with Gasteiger partial charge in [0.1, 0.15) is 5.78 Å². The molecule has 0 aromatic carbocycles. The fourth-order valence-electron chi connectivity index (χ4n) is 7.55. The van der Waals surface area contributed by atoms with Gasteiger partial charge in [-0.05, 0) is 86.4 Å². The van der Waals surface area contributed by atoms with Crippen molar-refractivity contribution in [3.63, 3.8) is 0 Å². The van der Waals surface area contributed by atoms with E-state index in [1.807, 2.05) is 0 Å². The average molecular weight is 332 g/mol. The fourth-order valence-corrected chi connectivity index (χ4v) is 7.55. The van der Waals surface area contributed by atoms with E-state index in [1.54, 1.807) is 0 Å². The largest absolute Gasteiger partial charge is 0.481 e. The number of rotatable bonds is 2. The quantitative estimate of drug-likeness (QED) is 0.798. The van der Waals surface area contributed by atoms with Crippen molar-refractivity contribution in [2.45, 2.75) is 78.1 Å². The van der Waals surface area contributed by atoms with Crippen LogP contribution in [-0.4, -0.2) is 16.9 Å². The Labute approximate surface area is 145 Å². The van der Waals surface area contributed by atoms with Crippen molar-refractivity contribution in [3.05, 3.63) is 0 Å². The Bertz CT molecular complexity index is 555. The predicted octanol–water partition coefficient (Wildman–Crippen LogP) is 4.69. The van der Waals surface area contributed by atoms with Crippen molar-refractivity contribution < 1.29 is 14.7 Å². The van der Waals surface area contributed by atoms with Gasteiger partial charge in [0, 0.05) is 18.3 Å². The summed E-state index contributed by atoms with van der Waals surface area (Å²) >= 11 is 0. The molecule has 3 unspecified atom stereocenters. The number of aliphatic carboxylic acids is 1. The lowest BCUT2D eigenvalue weighted by atomic mass is 9.44. The molecular formula is C21H32O3. The van der Waals surface area contributed by atoms with E-state index < -0.39 is 5.97 Å². The highest BCUT2D eigenvalue weighted by molar-refractivity contribution is 5.87. The first-order valence-corrected chi connectivity index (χ1v) is 10.1. The molecule has 4 aliphatic carbocycles. The Hall–Kier alpha value is -0.860. The molecule has 134 valence electrons. The molecule has 7 atom stereocenters. The van der Waals surface area contributed by atoms with Crippen molar-refractivity contribution in [1.29, 1.82) is 0 Å². The monoisotopic (exact) mass is 332 g/mol. The third-order valence-electron chi connectivity index (χ3n) is 8.95. The van der Waals surface area contributed by atoms with Crippen molar-refractivity contribution in [1.82, 2.24) is 0 Å². The highest BCUT2D eigenvalue weighted by Gasteiger charge is 2.60. The van der Waals surface area contributed by atoms with Crippen LogP contribution in [0.1, 0.15) is 78.1 Å². The molecule has 0 aliphatic heterocycles. The summed E-state index contributed by atoms with van der Waals surface area (Å²) < 4.78 is 0. The zero-order chi connectivity index (χ0) is 17.1. The van der Waals surface area contributed by atoms with E-state index in [0.717, 1.165) is 43.9 Å². The normalized spacial score (nSPS) is 50.8. The molecule has 24 heavy (non-hydrogen) atoms. The van der Waals surface area contributed by atoms with Crippen LogP contribution in [0, 0.1) is 40.4 Å². The second-order valence-electron chi connectivity index (χ2n) is 9.81. The summed E-state index contributed by atoms with van der Waals surface area (Å²) in [5, 5.41) is 9.14. The molecule has 3 heteroatoms. The van der Waals surface area contributed by atoms with Crippen LogP contribution in [0.15, 0.2) is 0 Å². The van der Waals surface area contributed by atoms with Crippen LogP contribution in [0.2, 0.25) is 0 Å². The maximum Gasteiger partial charge on any atom is 0.303 e. The highest BCUT2D eigenvalue weighted by atomic mass is 16.4. The summed E-state index contributed by atoms with van der Waals surface area (Å²) in [6.07, 6.45) is 10.6. The molecule has 3 nitrogen and oxygen atoms in total. The molecule has 0 saturated heterocycles. The van der Waals surface area contributed by atoms with Crippen LogP contribution in [0.4, 0.5) is 0 Å². The molecule has 4 rings (SSSR count). The first-order valence-electron chi connectivity index (χ1n) is 10.1. The number of hydrogen-bond donors (Lipinski definition) is 1. The van der Waals surface area contributed by atoms with E-state index in [0.29, 0.717) is 35.4 Å². The van der Waals surface area contributed by atoms with Gasteiger partial charge in [-0.25, -0.2) is 0 Å². The van der Waals surface area contributed by atoms with Gasteiger partial charge in [-0.15, -0.1) is 0 Å². The number of carboxylic acids is 1. The van der Waals surface area contributed by atoms with Crippen molar-refractivity contribution in [3.8, 4) is 0 Å². The topological polar surface area (TPSA) is 54.4 Å². The van der Waals surface area contributed by atoms with Gasteiger partial charge in [-0.3, -0.25) is 9.59 Å². The smallest absolute Gasteiger partial charge is 0.303 e. The lowest BCUT2D eigenvalue weighted by Crippen LogP contribution is -2.53. The molecule has 4 aliphatic rings. The summed E-state index contributed by atoms with van der Waals surface area (Å²) in [5.41, 5.74) is 0.371. The summed E-state index contributed by atoms with van der Waals surface area (Å²) in [4.78, 5) is 23.6. The third kappa shape index (κ3) is 2.29. The zero-order valence-corrected chi connectivity index (χ0v) is 15.2. The molecule has 4 fully saturated rings. The summed E-state index contributed by atoms with van der Waals surface area (Å²) in [6, 6.07) is 0. The Balaban J connectivity index is 1.54. The van der Waals surface area contributed by atoms with Gasteiger partial charge in [0.25, 0.3) is 0 Å². The molecule has 0 amide bonds. The number of carbonyl (C=O) groups is 2. The molecule has 0 heterocycles. The zero-order valence-electron chi connectivity index (χ0n) is 15.2. The van der Waals surface area contributed by atoms with Gasteiger partial charge in [-0.1, -0.05) is 13.8 Å². The summed E-state index contributed by atoms with van der Waals surface area (Å²) in [6.45, 7) is 4.76. The minimum atomic E-state index is -0.629. The van der Waals surface area contributed by atoms with Crippen LogP contribution >= 0.6 is 0 Å². The lowest BCUT2D eigenvalue weighted by Gasteiger charge is -2.60. The average Bonchev–Trinajstić information content (AvgIpc) is 2.83. The SMILES string of the molecule is C[C@]12CCC3C(CC[C@@H]4C[C@H](CC(=O)O)CC[C@]34C)C1CCC2=O. The van der Waals surface area contributed by atoms with Gasteiger partial charge >= 0.3 is 5.97 Å². The number of carboxylic acid groups (broad SMARTS) is 1. The Morgan fingerprint density at radius 2 is 1.88 bits per heavy atom.